The lowest BCUT2D eigenvalue weighted by Gasteiger charge is -2.17. The van der Waals surface area contributed by atoms with Crippen molar-refractivity contribution in [2.45, 2.75) is 58.3 Å². The predicted octanol–water partition coefficient (Wildman–Crippen LogP) is 4.22. The molecule has 1 heteroatoms. The van der Waals surface area contributed by atoms with Crippen molar-refractivity contribution in [2.24, 2.45) is 5.92 Å². The Balaban J connectivity index is 3.51. The third-order valence-electron chi connectivity index (χ3n) is 2.24. The lowest BCUT2D eigenvalue weighted by molar-refractivity contribution is 0.423. The van der Waals surface area contributed by atoms with E-state index in [-0.39, 0.29) is 0 Å². The highest BCUT2D eigenvalue weighted by Crippen LogP contribution is 2.22. The SMILES string of the molecule is CCCCC(CCC)C(C)Cl. The smallest absolute Gasteiger partial charge is 0.0336 e. The van der Waals surface area contributed by atoms with Crippen LogP contribution in [0.3, 0.4) is 0 Å². The average molecular weight is 177 g/mol. The second-order valence-electron chi connectivity index (χ2n) is 3.37. The first-order valence-corrected chi connectivity index (χ1v) is 5.30. The van der Waals surface area contributed by atoms with Crippen molar-refractivity contribution < 1.29 is 0 Å². The van der Waals surface area contributed by atoms with Crippen LogP contribution in [0.15, 0.2) is 0 Å². The minimum absolute atomic E-state index is 0.362. The number of alkyl halides is 1. The Kier molecular flexibility index (Phi) is 7.15. The van der Waals surface area contributed by atoms with Gasteiger partial charge in [0, 0.05) is 5.38 Å². The fourth-order valence-corrected chi connectivity index (χ4v) is 1.69. The summed E-state index contributed by atoms with van der Waals surface area (Å²) in [4.78, 5) is 0. The highest BCUT2D eigenvalue weighted by atomic mass is 35.5. The van der Waals surface area contributed by atoms with Crippen LogP contribution in [0.1, 0.15) is 52.9 Å². The summed E-state index contributed by atoms with van der Waals surface area (Å²) in [6.45, 7) is 6.59. The zero-order chi connectivity index (χ0) is 8.69. The molecule has 0 aromatic carbocycles. The van der Waals surface area contributed by atoms with Gasteiger partial charge in [-0.1, -0.05) is 33.1 Å². The molecule has 0 radical (unpaired) electrons. The highest BCUT2D eigenvalue weighted by Gasteiger charge is 2.12. The molecule has 0 aliphatic rings. The van der Waals surface area contributed by atoms with Gasteiger partial charge in [-0.15, -0.1) is 11.6 Å². The first kappa shape index (κ1) is 11.3. The predicted molar refractivity (Wildman–Crippen MR) is 53.2 cm³/mol. The molecule has 0 aliphatic carbocycles. The Labute approximate surface area is 76.3 Å². The molecule has 0 amide bonds. The summed E-state index contributed by atoms with van der Waals surface area (Å²) in [5.74, 6) is 0.751. The van der Waals surface area contributed by atoms with Crippen LogP contribution in [0.2, 0.25) is 0 Å². The molecular weight excluding hydrogens is 156 g/mol. The van der Waals surface area contributed by atoms with Crippen LogP contribution in [-0.4, -0.2) is 5.38 Å². The van der Waals surface area contributed by atoms with Crippen LogP contribution in [0.5, 0.6) is 0 Å². The van der Waals surface area contributed by atoms with Crippen LogP contribution in [0.25, 0.3) is 0 Å². The van der Waals surface area contributed by atoms with Gasteiger partial charge < -0.3 is 0 Å². The normalized spacial score (nSPS) is 16.4. The van der Waals surface area contributed by atoms with E-state index in [2.05, 4.69) is 20.8 Å². The summed E-state index contributed by atoms with van der Waals surface area (Å²) >= 11 is 6.06. The first-order valence-electron chi connectivity index (χ1n) is 4.86. The summed E-state index contributed by atoms with van der Waals surface area (Å²) < 4.78 is 0. The van der Waals surface area contributed by atoms with Crippen molar-refractivity contribution in [3.63, 3.8) is 0 Å². The molecule has 0 saturated carbocycles. The van der Waals surface area contributed by atoms with Gasteiger partial charge in [-0.05, 0) is 25.7 Å². The van der Waals surface area contributed by atoms with Gasteiger partial charge in [0.05, 0.1) is 0 Å². The van der Waals surface area contributed by atoms with E-state index in [1.54, 1.807) is 0 Å². The van der Waals surface area contributed by atoms with Crippen LogP contribution < -0.4 is 0 Å². The molecule has 0 rings (SSSR count). The molecule has 0 fully saturated rings. The second-order valence-corrected chi connectivity index (χ2v) is 4.06. The van der Waals surface area contributed by atoms with Gasteiger partial charge in [-0.25, -0.2) is 0 Å². The quantitative estimate of drug-likeness (QED) is 0.532. The number of unbranched alkanes of at least 4 members (excludes halogenated alkanes) is 1. The van der Waals surface area contributed by atoms with E-state index in [0.717, 1.165) is 5.92 Å². The molecule has 0 spiro atoms. The minimum atomic E-state index is 0.362. The summed E-state index contributed by atoms with van der Waals surface area (Å²) in [6.07, 6.45) is 6.51. The fourth-order valence-electron chi connectivity index (χ4n) is 1.44. The standard InChI is InChI=1S/C10H21Cl/c1-4-6-8-10(7-5-2)9(3)11/h9-10H,4-8H2,1-3H3. The van der Waals surface area contributed by atoms with E-state index >= 15 is 0 Å². The maximum atomic E-state index is 6.06. The lowest BCUT2D eigenvalue weighted by Crippen LogP contribution is -2.10. The Bertz CT molecular complexity index is 78.9. The Morgan fingerprint density at radius 1 is 1.09 bits per heavy atom. The van der Waals surface area contributed by atoms with Crippen LogP contribution >= 0.6 is 11.6 Å². The topological polar surface area (TPSA) is 0 Å². The molecule has 0 heterocycles. The third kappa shape index (κ3) is 5.55. The van der Waals surface area contributed by atoms with Gasteiger partial charge in [0.1, 0.15) is 0 Å². The van der Waals surface area contributed by atoms with Crippen molar-refractivity contribution >= 4 is 11.6 Å². The van der Waals surface area contributed by atoms with Crippen molar-refractivity contribution in [3.05, 3.63) is 0 Å². The molecule has 0 N–H and O–H groups in total. The molecule has 0 bridgehead atoms. The number of hydrogen-bond donors (Lipinski definition) is 0. The van der Waals surface area contributed by atoms with Crippen LogP contribution in [-0.2, 0) is 0 Å². The van der Waals surface area contributed by atoms with E-state index in [1.165, 1.54) is 32.1 Å². The molecule has 2 unspecified atom stereocenters. The lowest BCUT2D eigenvalue weighted by atomic mass is 9.94. The van der Waals surface area contributed by atoms with Gasteiger partial charge >= 0.3 is 0 Å². The molecule has 0 aromatic rings. The number of halogens is 1. The van der Waals surface area contributed by atoms with Crippen molar-refractivity contribution in [1.29, 1.82) is 0 Å². The van der Waals surface area contributed by atoms with Crippen molar-refractivity contribution in [1.82, 2.24) is 0 Å². The van der Waals surface area contributed by atoms with Crippen LogP contribution in [0, 0.1) is 5.92 Å². The molecular formula is C10H21Cl. The highest BCUT2D eigenvalue weighted by molar-refractivity contribution is 6.20. The Morgan fingerprint density at radius 3 is 2.09 bits per heavy atom. The van der Waals surface area contributed by atoms with Crippen LogP contribution in [0.4, 0.5) is 0 Å². The molecule has 0 aliphatic heterocycles. The summed E-state index contributed by atoms with van der Waals surface area (Å²) in [5.41, 5.74) is 0. The van der Waals surface area contributed by atoms with E-state index in [9.17, 15) is 0 Å². The van der Waals surface area contributed by atoms with Gasteiger partial charge in [0.25, 0.3) is 0 Å². The van der Waals surface area contributed by atoms with E-state index in [4.69, 9.17) is 11.6 Å². The molecule has 68 valence electrons. The van der Waals surface area contributed by atoms with Crippen molar-refractivity contribution in [3.8, 4) is 0 Å². The zero-order valence-corrected chi connectivity index (χ0v) is 8.82. The third-order valence-corrected chi connectivity index (χ3v) is 2.59. The Morgan fingerprint density at radius 2 is 1.73 bits per heavy atom. The Hall–Kier alpha value is 0.290. The number of rotatable bonds is 6. The largest absolute Gasteiger partial charge is 0.123 e. The molecule has 11 heavy (non-hydrogen) atoms. The maximum Gasteiger partial charge on any atom is 0.0336 e. The first-order chi connectivity index (χ1) is 5.22. The minimum Gasteiger partial charge on any atom is -0.123 e. The average Bonchev–Trinajstić information content (AvgIpc) is 1.97. The fraction of sp³-hybridized carbons (Fsp3) is 1.00. The van der Waals surface area contributed by atoms with E-state index in [1.807, 2.05) is 0 Å². The summed E-state index contributed by atoms with van der Waals surface area (Å²) in [5, 5.41) is 0.362. The van der Waals surface area contributed by atoms with Gasteiger partial charge in [0.2, 0.25) is 0 Å². The summed E-state index contributed by atoms with van der Waals surface area (Å²) in [6, 6.07) is 0. The van der Waals surface area contributed by atoms with Gasteiger partial charge in [0.15, 0.2) is 0 Å². The second kappa shape index (κ2) is 6.97. The van der Waals surface area contributed by atoms with Gasteiger partial charge in [-0.3, -0.25) is 0 Å². The molecule has 0 saturated heterocycles. The maximum absolute atomic E-state index is 6.06. The van der Waals surface area contributed by atoms with E-state index < -0.39 is 0 Å². The monoisotopic (exact) mass is 176 g/mol. The zero-order valence-electron chi connectivity index (χ0n) is 8.07. The molecule has 2 atom stereocenters. The van der Waals surface area contributed by atoms with Gasteiger partial charge in [-0.2, -0.15) is 0 Å². The molecule has 0 aromatic heterocycles. The molecule has 0 nitrogen and oxygen atoms in total. The van der Waals surface area contributed by atoms with Crippen molar-refractivity contribution in [2.75, 3.05) is 0 Å². The van der Waals surface area contributed by atoms with E-state index in [0.29, 0.717) is 5.38 Å². The summed E-state index contributed by atoms with van der Waals surface area (Å²) in [7, 11) is 0. The number of hydrogen-bond acceptors (Lipinski definition) is 0.